The largest absolute Gasteiger partial charge is 0.425 e. The number of rotatable bonds is 5. The molecule has 4 heteroatoms. The van der Waals surface area contributed by atoms with Crippen molar-refractivity contribution in [3.05, 3.63) is 46.7 Å². The van der Waals surface area contributed by atoms with Crippen molar-refractivity contribution < 1.29 is 4.42 Å². The van der Waals surface area contributed by atoms with Crippen molar-refractivity contribution in [2.75, 3.05) is 6.54 Å². The lowest BCUT2D eigenvalue weighted by Gasteiger charge is -2.19. The first-order chi connectivity index (χ1) is 9.83. The van der Waals surface area contributed by atoms with E-state index in [2.05, 4.69) is 68.3 Å². The number of aromatic nitrogens is 2. The highest BCUT2D eigenvalue weighted by molar-refractivity contribution is 5.32. The first kappa shape index (κ1) is 15.7. The number of hydrogen-bond donors (Lipinski definition) is 1. The van der Waals surface area contributed by atoms with E-state index in [0.29, 0.717) is 18.2 Å². The third-order valence-electron chi connectivity index (χ3n) is 3.35. The monoisotopic (exact) mass is 287 g/mol. The highest BCUT2D eigenvalue weighted by Crippen LogP contribution is 2.15. The SMILES string of the molecule is Cc1ccc(C)c(Cc2nnc(CCNC(C)(C)C)o2)c1. The van der Waals surface area contributed by atoms with Gasteiger partial charge in [0, 0.05) is 18.5 Å². The van der Waals surface area contributed by atoms with Gasteiger partial charge in [-0.05, 0) is 45.7 Å². The number of nitrogens with one attached hydrogen (secondary N) is 1. The van der Waals surface area contributed by atoms with Gasteiger partial charge in [-0.1, -0.05) is 23.8 Å². The van der Waals surface area contributed by atoms with Gasteiger partial charge < -0.3 is 9.73 Å². The van der Waals surface area contributed by atoms with Gasteiger partial charge in [-0.25, -0.2) is 0 Å². The zero-order valence-electron chi connectivity index (χ0n) is 13.7. The molecule has 1 aromatic carbocycles. The van der Waals surface area contributed by atoms with Crippen molar-refractivity contribution in [2.45, 2.75) is 53.0 Å². The van der Waals surface area contributed by atoms with Crippen LogP contribution in [0.3, 0.4) is 0 Å². The Kier molecular flexibility index (Phi) is 4.78. The first-order valence-corrected chi connectivity index (χ1v) is 7.46. The average molecular weight is 287 g/mol. The van der Waals surface area contributed by atoms with Crippen molar-refractivity contribution >= 4 is 0 Å². The minimum absolute atomic E-state index is 0.113. The fourth-order valence-electron chi connectivity index (χ4n) is 2.16. The number of nitrogens with zero attached hydrogens (tertiary/aromatic N) is 2. The molecule has 114 valence electrons. The predicted molar refractivity (Wildman–Crippen MR) is 84.5 cm³/mol. The van der Waals surface area contributed by atoms with Gasteiger partial charge in [-0.3, -0.25) is 0 Å². The number of benzene rings is 1. The summed E-state index contributed by atoms with van der Waals surface area (Å²) >= 11 is 0. The number of aryl methyl sites for hydroxylation is 2. The smallest absolute Gasteiger partial charge is 0.220 e. The zero-order chi connectivity index (χ0) is 15.5. The molecule has 0 aliphatic heterocycles. The minimum Gasteiger partial charge on any atom is -0.425 e. The molecule has 0 saturated carbocycles. The Labute approximate surface area is 127 Å². The molecule has 1 heterocycles. The second-order valence-electron chi connectivity index (χ2n) is 6.62. The van der Waals surface area contributed by atoms with E-state index in [1.165, 1.54) is 16.7 Å². The van der Waals surface area contributed by atoms with Crippen molar-refractivity contribution in [2.24, 2.45) is 0 Å². The maximum Gasteiger partial charge on any atom is 0.220 e. The van der Waals surface area contributed by atoms with E-state index in [1.807, 2.05) is 0 Å². The lowest BCUT2D eigenvalue weighted by atomic mass is 10.0. The summed E-state index contributed by atoms with van der Waals surface area (Å²) < 4.78 is 5.73. The maximum absolute atomic E-state index is 5.73. The summed E-state index contributed by atoms with van der Waals surface area (Å²) in [5, 5.41) is 11.7. The van der Waals surface area contributed by atoms with Crippen LogP contribution in [0.5, 0.6) is 0 Å². The standard InChI is InChI=1S/C17H25N3O/c1-12-6-7-13(2)14(10-12)11-16-20-19-15(21-16)8-9-18-17(3,4)5/h6-7,10,18H,8-9,11H2,1-5H3. The molecule has 0 aliphatic rings. The molecule has 0 saturated heterocycles. The molecule has 1 N–H and O–H groups in total. The van der Waals surface area contributed by atoms with Crippen LogP contribution in [-0.4, -0.2) is 22.3 Å². The first-order valence-electron chi connectivity index (χ1n) is 7.46. The summed E-state index contributed by atoms with van der Waals surface area (Å²) in [7, 11) is 0. The van der Waals surface area contributed by atoms with Gasteiger partial charge in [0.1, 0.15) is 0 Å². The highest BCUT2D eigenvalue weighted by Gasteiger charge is 2.11. The Bertz CT molecular complexity index is 596. The molecule has 21 heavy (non-hydrogen) atoms. The second-order valence-corrected chi connectivity index (χ2v) is 6.62. The van der Waals surface area contributed by atoms with Gasteiger partial charge in [0.15, 0.2) is 0 Å². The molecule has 0 unspecified atom stereocenters. The molecule has 4 nitrogen and oxygen atoms in total. The van der Waals surface area contributed by atoms with Crippen LogP contribution in [-0.2, 0) is 12.8 Å². The zero-order valence-corrected chi connectivity index (χ0v) is 13.7. The number of hydrogen-bond acceptors (Lipinski definition) is 4. The molecule has 2 aromatic rings. The van der Waals surface area contributed by atoms with Crippen LogP contribution < -0.4 is 5.32 Å². The van der Waals surface area contributed by atoms with Crippen molar-refractivity contribution in [1.82, 2.24) is 15.5 Å². The van der Waals surface area contributed by atoms with Gasteiger partial charge in [0.05, 0.1) is 6.42 Å². The lowest BCUT2D eigenvalue weighted by molar-refractivity contribution is 0.403. The highest BCUT2D eigenvalue weighted by atomic mass is 16.4. The van der Waals surface area contributed by atoms with E-state index in [9.17, 15) is 0 Å². The molecule has 0 spiro atoms. The van der Waals surface area contributed by atoms with E-state index in [0.717, 1.165) is 13.0 Å². The quantitative estimate of drug-likeness (QED) is 0.917. The Morgan fingerprint density at radius 2 is 1.81 bits per heavy atom. The fraction of sp³-hybridized carbons (Fsp3) is 0.529. The van der Waals surface area contributed by atoms with Gasteiger partial charge in [-0.15, -0.1) is 10.2 Å². The topological polar surface area (TPSA) is 51.0 Å². The lowest BCUT2D eigenvalue weighted by Crippen LogP contribution is -2.37. The van der Waals surface area contributed by atoms with Crippen molar-refractivity contribution in [3.63, 3.8) is 0 Å². The van der Waals surface area contributed by atoms with E-state index >= 15 is 0 Å². The predicted octanol–water partition coefficient (Wildman–Crippen LogP) is 3.21. The molecule has 1 aromatic heterocycles. The molecule has 0 radical (unpaired) electrons. The van der Waals surface area contributed by atoms with Crippen LogP contribution >= 0.6 is 0 Å². The van der Waals surface area contributed by atoms with E-state index in [1.54, 1.807) is 0 Å². The maximum atomic E-state index is 5.73. The summed E-state index contributed by atoms with van der Waals surface area (Å²) in [5.74, 6) is 1.39. The van der Waals surface area contributed by atoms with Gasteiger partial charge >= 0.3 is 0 Å². The normalized spacial score (nSPS) is 11.9. The van der Waals surface area contributed by atoms with Gasteiger partial charge in [0.2, 0.25) is 11.8 Å². The van der Waals surface area contributed by atoms with E-state index < -0.39 is 0 Å². The molecule has 0 fully saturated rings. The van der Waals surface area contributed by atoms with Gasteiger partial charge in [-0.2, -0.15) is 0 Å². The summed E-state index contributed by atoms with van der Waals surface area (Å²) in [5.41, 5.74) is 3.87. The molecule has 0 amide bonds. The molecule has 0 atom stereocenters. The van der Waals surface area contributed by atoms with Crippen LogP contribution in [0.4, 0.5) is 0 Å². The van der Waals surface area contributed by atoms with Crippen LogP contribution in [0.2, 0.25) is 0 Å². The van der Waals surface area contributed by atoms with Crippen LogP contribution in [0, 0.1) is 13.8 Å². The van der Waals surface area contributed by atoms with Crippen molar-refractivity contribution in [3.8, 4) is 0 Å². The van der Waals surface area contributed by atoms with Gasteiger partial charge in [0.25, 0.3) is 0 Å². The fourth-order valence-corrected chi connectivity index (χ4v) is 2.16. The third kappa shape index (κ3) is 4.97. The molecular formula is C17H25N3O. The second kappa shape index (κ2) is 6.39. The Hall–Kier alpha value is -1.68. The van der Waals surface area contributed by atoms with E-state index in [-0.39, 0.29) is 5.54 Å². The molecule has 2 rings (SSSR count). The Balaban J connectivity index is 1.95. The third-order valence-corrected chi connectivity index (χ3v) is 3.35. The Morgan fingerprint density at radius 3 is 2.52 bits per heavy atom. The van der Waals surface area contributed by atoms with Crippen molar-refractivity contribution in [1.29, 1.82) is 0 Å². The summed E-state index contributed by atoms with van der Waals surface area (Å²) in [6, 6.07) is 6.44. The molecular weight excluding hydrogens is 262 g/mol. The molecule has 0 aliphatic carbocycles. The average Bonchev–Trinajstić information content (AvgIpc) is 2.80. The molecule has 0 bridgehead atoms. The summed E-state index contributed by atoms with van der Waals surface area (Å²) in [6.45, 7) is 11.5. The summed E-state index contributed by atoms with van der Waals surface area (Å²) in [6.07, 6.45) is 1.46. The van der Waals surface area contributed by atoms with Crippen LogP contribution in [0.15, 0.2) is 22.6 Å². The minimum atomic E-state index is 0.113. The van der Waals surface area contributed by atoms with Crippen LogP contribution in [0.25, 0.3) is 0 Å². The van der Waals surface area contributed by atoms with Crippen LogP contribution in [0.1, 0.15) is 49.2 Å². The summed E-state index contributed by atoms with van der Waals surface area (Å²) in [4.78, 5) is 0. The van der Waals surface area contributed by atoms with E-state index in [4.69, 9.17) is 4.42 Å². The Morgan fingerprint density at radius 1 is 1.10 bits per heavy atom.